The highest BCUT2D eigenvalue weighted by molar-refractivity contribution is 5.82. The second kappa shape index (κ2) is 8.60. The largest absolute Gasteiger partial charge is 0.462 e. The first kappa shape index (κ1) is 13.0. The maximum absolute atomic E-state index is 11.2. The standard InChI is InChI=1S/C11H21NO2/c1-4-6-8-14-11(13)9-10(3)12-7-5-2/h9,12H,4-8H2,1-3H3/b10-9-. The van der Waals surface area contributed by atoms with Crippen LogP contribution in [-0.2, 0) is 9.53 Å². The van der Waals surface area contributed by atoms with Gasteiger partial charge < -0.3 is 10.1 Å². The molecule has 0 aliphatic carbocycles. The molecule has 14 heavy (non-hydrogen) atoms. The Hall–Kier alpha value is -0.990. The van der Waals surface area contributed by atoms with Gasteiger partial charge in [-0.05, 0) is 19.8 Å². The van der Waals surface area contributed by atoms with E-state index < -0.39 is 0 Å². The molecule has 0 rings (SSSR count). The minimum atomic E-state index is -0.250. The van der Waals surface area contributed by atoms with Crippen LogP contribution in [0.5, 0.6) is 0 Å². The molecule has 0 aromatic heterocycles. The number of allylic oxidation sites excluding steroid dienone is 1. The summed E-state index contributed by atoms with van der Waals surface area (Å²) < 4.78 is 4.98. The Morgan fingerprint density at radius 3 is 2.64 bits per heavy atom. The molecule has 0 aliphatic heterocycles. The van der Waals surface area contributed by atoms with Gasteiger partial charge in [0.15, 0.2) is 0 Å². The Bertz CT molecular complexity index is 188. The van der Waals surface area contributed by atoms with Gasteiger partial charge >= 0.3 is 5.97 Å². The first-order valence-electron chi connectivity index (χ1n) is 5.29. The second-order valence-electron chi connectivity index (χ2n) is 3.28. The van der Waals surface area contributed by atoms with E-state index >= 15 is 0 Å². The predicted octanol–water partition coefficient (Wildman–Crippen LogP) is 2.23. The maximum atomic E-state index is 11.2. The van der Waals surface area contributed by atoms with Gasteiger partial charge in [-0.2, -0.15) is 0 Å². The highest BCUT2D eigenvalue weighted by Gasteiger charge is 1.98. The average Bonchev–Trinajstić information content (AvgIpc) is 2.15. The molecule has 0 unspecified atom stereocenters. The van der Waals surface area contributed by atoms with Gasteiger partial charge in [0.25, 0.3) is 0 Å². The molecule has 0 bridgehead atoms. The van der Waals surface area contributed by atoms with Gasteiger partial charge in [-0.3, -0.25) is 0 Å². The minimum absolute atomic E-state index is 0.250. The number of carbonyl (C=O) groups is 1. The van der Waals surface area contributed by atoms with Crippen molar-refractivity contribution >= 4 is 5.97 Å². The van der Waals surface area contributed by atoms with Crippen molar-refractivity contribution in [2.45, 2.75) is 40.0 Å². The summed E-state index contributed by atoms with van der Waals surface area (Å²) >= 11 is 0. The zero-order valence-electron chi connectivity index (χ0n) is 9.43. The molecule has 3 heteroatoms. The fraction of sp³-hybridized carbons (Fsp3) is 0.727. The first-order chi connectivity index (χ1) is 6.70. The predicted molar refractivity (Wildman–Crippen MR) is 57.9 cm³/mol. The van der Waals surface area contributed by atoms with Crippen molar-refractivity contribution in [1.29, 1.82) is 0 Å². The summed E-state index contributed by atoms with van der Waals surface area (Å²) in [5.74, 6) is -0.250. The Morgan fingerprint density at radius 1 is 1.36 bits per heavy atom. The first-order valence-corrected chi connectivity index (χ1v) is 5.29. The zero-order valence-corrected chi connectivity index (χ0v) is 9.43. The highest BCUT2D eigenvalue weighted by atomic mass is 16.5. The quantitative estimate of drug-likeness (QED) is 0.388. The Morgan fingerprint density at radius 2 is 2.07 bits per heavy atom. The van der Waals surface area contributed by atoms with Crippen LogP contribution in [0.2, 0.25) is 0 Å². The molecule has 1 N–H and O–H groups in total. The van der Waals surface area contributed by atoms with E-state index in [1.54, 1.807) is 0 Å². The van der Waals surface area contributed by atoms with Crippen molar-refractivity contribution < 1.29 is 9.53 Å². The molecular formula is C11H21NO2. The molecule has 0 fully saturated rings. The molecule has 0 saturated carbocycles. The Labute approximate surface area is 86.5 Å². The molecule has 0 aliphatic rings. The van der Waals surface area contributed by atoms with E-state index in [0.29, 0.717) is 6.61 Å². The van der Waals surface area contributed by atoms with Crippen LogP contribution >= 0.6 is 0 Å². The topological polar surface area (TPSA) is 38.3 Å². The summed E-state index contributed by atoms with van der Waals surface area (Å²) in [5.41, 5.74) is 0.869. The van der Waals surface area contributed by atoms with Gasteiger partial charge in [-0.25, -0.2) is 4.79 Å². The number of hydrogen-bond donors (Lipinski definition) is 1. The molecule has 0 aromatic carbocycles. The summed E-state index contributed by atoms with van der Waals surface area (Å²) in [5, 5.41) is 3.11. The van der Waals surface area contributed by atoms with E-state index in [0.717, 1.165) is 31.5 Å². The third-order valence-corrected chi connectivity index (χ3v) is 1.73. The number of rotatable bonds is 7. The Balaban J connectivity index is 3.66. The molecular weight excluding hydrogens is 178 g/mol. The van der Waals surface area contributed by atoms with Crippen molar-refractivity contribution in [3.8, 4) is 0 Å². The van der Waals surface area contributed by atoms with Gasteiger partial charge in [-0.15, -0.1) is 0 Å². The van der Waals surface area contributed by atoms with E-state index in [4.69, 9.17) is 4.74 Å². The molecule has 0 atom stereocenters. The number of esters is 1. The number of unbranched alkanes of at least 4 members (excludes halogenated alkanes) is 1. The van der Waals surface area contributed by atoms with Crippen molar-refractivity contribution in [3.63, 3.8) is 0 Å². The molecule has 0 spiro atoms. The molecule has 82 valence electrons. The molecule has 3 nitrogen and oxygen atoms in total. The third-order valence-electron chi connectivity index (χ3n) is 1.73. The lowest BCUT2D eigenvalue weighted by molar-refractivity contribution is -0.137. The van der Waals surface area contributed by atoms with Crippen LogP contribution in [0.15, 0.2) is 11.8 Å². The smallest absolute Gasteiger partial charge is 0.332 e. The van der Waals surface area contributed by atoms with E-state index in [1.165, 1.54) is 6.08 Å². The molecule has 0 saturated heterocycles. The maximum Gasteiger partial charge on any atom is 0.332 e. The number of nitrogens with one attached hydrogen (secondary N) is 1. The minimum Gasteiger partial charge on any atom is -0.462 e. The SMILES string of the molecule is CCCCOC(=O)/C=C(/C)NCCC. The van der Waals surface area contributed by atoms with Crippen molar-refractivity contribution in [1.82, 2.24) is 5.32 Å². The number of carbonyl (C=O) groups excluding carboxylic acids is 1. The molecule has 0 heterocycles. The van der Waals surface area contributed by atoms with E-state index in [9.17, 15) is 4.79 Å². The number of ether oxygens (including phenoxy) is 1. The highest BCUT2D eigenvalue weighted by Crippen LogP contribution is 1.93. The van der Waals surface area contributed by atoms with Gasteiger partial charge in [0.05, 0.1) is 6.61 Å². The fourth-order valence-electron chi connectivity index (χ4n) is 0.909. The summed E-state index contributed by atoms with van der Waals surface area (Å²) in [7, 11) is 0. The molecule has 0 aromatic rings. The lowest BCUT2D eigenvalue weighted by Crippen LogP contribution is -2.14. The van der Waals surface area contributed by atoms with Crippen LogP contribution in [0.3, 0.4) is 0 Å². The van der Waals surface area contributed by atoms with Crippen molar-refractivity contribution in [2.75, 3.05) is 13.2 Å². The van der Waals surface area contributed by atoms with Gasteiger partial charge in [0.2, 0.25) is 0 Å². The lowest BCUT2D eigenvalue weighted by atomic mass is 10.3. The van der Waals surface area contributed by atoms with Gasteiger partial charge in [0.1, 0.15) is 0 Å². The summed E-state index contributed by atoms with van der Waals surface area (Å²) in [6.07, 6.45) is 4.53. The van der Waals surface area contributed by atoms with E-state index in [2.05, 4.69) is 19.2 Å². The van der Waals surface area contributed by atoms with Crippen LogP contribution in [0, 0.1) is 0 Å². The van der Waals surface area contributed by atoms with Crippen LogP contribution in [-0.4, -0.2) is 19.1 Å². The normalized spacial score (nSPS) is 11.2. The third kappa shape index (κ3) is 7.65. The molecule has 0 amide bonds. The lowest BCUT2D eigenvalue weighted by Gasteiger charge is -2.04. The van der Waals surface area contributed by atoms with E-state index in [-0.39, 0.29) is 5.97 Å². The monoisotopic (exact) mass is 199 g/mol. The van der Waals surface area contributed by atoms with Gasteiger partial charge in [0, 0.05) is 18.3 Å². The second-order valence-corrected chi connectivity index (χ2v) is 3.28. The van der Waals surface area contributed by atoms with Crippen LogP contribution < -0.4 is 5.32 Å². The summed E-state index contributed by atoms with van der Waals surface area (Å²) in [6.45, 7) is 7.44. The average molecular weight is 199 g/mol. The van der Waals surface area contributed by atoms with Crippen LogP contribution in [0.4, 0.5) is 0 Å². The van der Waals surface area contributed by atoms with Crippen molar-refractivity contribution in [3.05, 3.63) is 11.8 Å². The van der Waals surface area contributed by atoms with Crippen LogP contribution in [0.25, 0.3) is 0 Å². The summed E-state index contributed by atoms with van der Waals surface area (Å²) in [6, 6.07) is 0. The van der Waals surface area contributed by atoms with Crippen molar-refractivity contribution in [2.24, 2.45) is 0 Å². The fourth-order valence-corrected chi connectivity index (χ4v) is 0.909. The van der Waals surface area contributed by atoms with E-state index in [1.807, 2.05) is 6.92 Å². The van der Waals surface area contributed by atoms with Gasteiger partial charge in [-0.1, -0.05) is 20.3 Å². The Kier molecular flexibility index (Phi) is 7.99. The zero-order chi connectivity index (χ0) is 10.8. The molecule has 0 radical (unpaired) electrons. The van der Waals surface area contributed by atoms with Crippen LogP contribution in [0.1, 0.15) is 40.0 Å². The number of hydrogen-bond acceptors (Lipinski definition) is 3. The summed E-state index contributed by atoms with van der Waals surface area (Å²) in [4.78, 5) is 11.2.